The minimum Gasteiger partial charge on any atom is -0.483 e. The molecule has 0 saturated heterocycles. The SMILES string of the molecule is CNC(=O)C(Cc1ccccc1)N(Cc1ccc(Br)cc1)C(=O)COc1ccccc1C(C)(C)C. The molecule has 0 aliphatic carbocycles. The number of para-hydroxylation sites is 1. The van der Waals surface area contributed by atoms with Gasteiger partial charge in [-0.3, -0.25) is 9.59 Å². The van der Waals surface area contributed by atoms with Crippen LogP contribution in [0.25, 0.3) is 0 Å². The molecule has 0 fully saturated rings. The number of hydrogen-bond acceptors (Lipinski definition) is 3. The molecule has 1 unspecified atom stereocenters. The number of nitrogens with one attached hydrogen (secondary N) is 1. The van der Waals surface area contributed by atoms with E-state index < -0.39 is 6.04 Å². The molecule has 0 saturated carbocycles. The third-order valence-electron chi connectivity index (χ3n) is 5.83. The van der Waals surface area contributed by atoms with Gasteiger partial charge in [-0.15, -0.1) is 0 Å². The Hall–Kier alpha value is -3.12. The zero-order valence-corrected chi connectivity index (χ0v) is 22.3. The van der Waals surface area contributed by atoms with E-state index in [-0.39, 0.29) is 23.8 Å². The number of likely N-dealkylation sites (N-methyl/N-ethyl adjacent to an activating group) is 1. The summed E-state index contributed by atoms with van der Waals surface area (Å²) in [5.74, 6) is 0.215. The second-order valence-corrected chi connectivity index (χ2v) is 10.4. The molecule has 0 radical (unpaired) electrons. The van der Waals surface area contributed by atoms with E-state index in [2.05, 4.69) is 42.0 Å². The van der Waals surface area contributed by atoms with Gasteiger partial charge in [0.15, 0.2) is 6.61 Å². The van der Waals surface area contributed by atoms with E-state index in [1.165, 1.54) is 0 Å². The summed E-state index contributed by atoms with van der Waals surface area (Å²) in [7, 11) is 1.60. The molecular formula is C29H33BrN2O3. The molecule has 3 rings (SSSR count). The number of carbonyl (C=O) groups is 2. The Labute approximate surface area is 216 Å². The minimum absolute atomic E-state index is 0.130. The first-order chi connectivity index (χ1) is 16.7. The van der Waals surface area contributed by atoms with E-state index >= 15 is 0 Å². The Morgan fingerprint density at radius 1 is 0.914 bits per heavy atom. The maximum atomic E-state index is 13.6. The fourth-order valence-corrected chi connectivity index (χ4v) is 4.21. The van der Waals surface area contributed by atoms with Gasteiger partial charge in [-0.05, 0) is 40.3 Å². The van der Waals surface area contributed by atoms with Crippen LogP contribution in [0.2, 0.25) is 0 Å². The van der Waals surface area contributed by atoms with Crippen molar-refractivity contribution < 1.29 is 14.3 Å². The van der Waals surface area contributed by atoms with Crippen molar-refractivity contribution in [3.63, 3.8) is 0 Å². The monoisotopic (exact) mass is 536 g/mol. The molecule has 0 bridgehead atoms. The Bertz CT molecular complexity index is 1120. The van der Waals surface area contributed by atoms with Crippen LogP contribution >= 0.6 is 15.9 Å². The molecular weight excluding hydrogens is 504 g/mol. The Morgan fingerprint density at radius 2 is 1.54 bits per heavy atom. The predicted molar refractivity (Wildman–Crippen MR) is 143 cm³/mol. The van der Waals surface area contributed by atoms with E-state index in [0.29, 0.717) is 18.7 Å². The van der Waals surface area contributed by atoms with Crippen LogP contribution in [0.15, 0.2) is 83.3 Å². The summed E-state index contributed by atoms with van der Waals surface area (Å²) in [6.45, 7) is 6.46. The molecule has 3 aromatic carbocycles. The van der Waals surface area contributed by atoms with Crippen molar-refractivity contribution in [2.45, 2.75) is 45.2 Å². The van der Waals surface area contributed by atoms with Crippen LogP contribution in [0, 0.1) is 0 Å². The normalized spacial score (nSPS) is 12.0. The van der Waals surface area contributed by atoms with Crippen LogP contribution in [0.1, 0.15) is 37.5 Å². The molecule has 0 aromatic heterocycles. The highest BCUT2D eigenvalue weighted by Gasteiger charge is 2.30. The van der Waals surface area contributed by atoms with Gasteiger partial charge >= 0.3 is 0 Å². The third-order valence-corrected chi connectivity index (χ3v) is 6.36. The smallest absolute Gasteiger partial charge is 0.261 e. The van der Waals surface area contributed by atoms with Crippen LogP contribution in [-0.2, 0) is 28.0 Å². The molecule has 2 amide bonds. The summed E-state index contributed by atoms with van der Waals surface area (Å²) < 4.78 is 7.00. The Kier molecular flexibility index (Phi) is 9.10. The molecule has 0 heterocycles. The molecule has 1 atom stereocenters. The molecule has 184 valence electrons. The van der Waals surface area contributed by atoms with Gasteiger partial charge in [0.05, 0.1) is 0 Å². The van der Waals surface area contributed by atoms with Crippen molar-refractivity contribution in [2.75, 3.05) is 13.7 Å². The first-order valence-electron chi connectivity index (χ1n) is 11.7. The lowest BCUT2D eigenvalue weighted by molar-refractivity contribution is -0.142. The van der Waals surface area contributed by atoms with E-state index in [4.69, 9.17) is 4.74 Å². The van der Waals surface area contributed by atoms with Crippen LogP contribution < -0.4 is 10.1 Å². The topological polar surface area (TPSA) is 58.6 Å². The van der Waals surface area contributed by atoms with Gasteiger partial charge in [-0.25, -0.2) is 0 Å². The first-order valence-corrected chi connectivity index (χ1v) is 12.5. The molecule has 35 heavy (non-hydrogen) atoms. The number of nitrogens with zero attached hydrogens (tertiary/aromatic N) is 1. The Morgan fingerprint density at radius 3 is 2.17 bits per heavy atom. The second-order valence-electron chi connectivity index (χ2n) is 9.50. The predicted octanol–water partition coefficient (Wildman–Crippen LogP) is 5.51. The maximum Gasteiger partial charge on any atom is 0.261 e. The van der Waals surface area contributed by atoms with Gasteiger partial charge in [0.25, 0.3) is 5.91 Å². The number of carbonyl (C=O) groups excluding carboxylic acids is 2. The molecule has 1 N–H and O–H groups in total. The van der Waals surface area contributed by atoms with Crippen molar-refractivity contribution in [3.05, 3.63) is 100 Å². The molecule has 3 aromatic rings. The number of hydrogen-bond donors (Lipinski definition) is 1. The van der Waals surface area contributed by atoms with Crippen LogP contribution in [0.3, 0.4) is 0 Å². The van der Waals surface area contributed by atoms with Crippen molar-refractivity contribution in [2.24, 2.45) is 0 Å². The summed E-state index contributed by atoms with van der Waals surface area (Å²) >= 11 is 3.46. The van der Waals surface area contributed by atoms with E-state index in [0.717, 1.165) is 21.2 Å². The van der Waals surface area contributed by atoms with Crippen molar-refractivity contribution in [3.8, 4) is 5.75 Å². The van der Waals surface area contributed by atoms with Crippen LogP contribution in [-0.4, -0.2) is 36.4 Å². The van der Waals surface area contributed by atoms with Crippen molar-refractivity contribution in [1.29, 1.82) is 0 Å². The summed E-state index contributed by atoms with van der Waals surface area (Å²) in [5, 5.41) is 2.74. The van der Waals surface area contributed by atoms with Crippen molar-refractivity contribution >= 4 is 27.7 Å². The largest absolute Gasteiger partial charge is 0.483 e. The molecule has 5 nitrogen and oxygen atoms in total. The summed E-state index contributed by atoms with van der Waals surface area (Å²) in [6, 6.07) is 24.6. The fourth-order valence-electron chi connectivity index (χ4n) is 3.94. The molecule has 0 aliphatic heterocycles. The number of rotatable bonds is 9. The molecule has 0 spiro atoms. The summed E-state index contributed by atoms with van der Waals surface area (Å²) in [6.07, 6.45) is 0.404. The van der Waals surface area contributed by atoms with E-state index in [1.54, 1.807) is 11.9 Å². The molecule has 6 heteroatoms. The highest BCUT2D eigenvalue weighted by Crippen LogP contribution is 2.31. The van der Waals surface area contributed by atoms with Crippen LogP contribution in [0.4, 0.5) is 0 Å². The van der Waals surface area contributed by atoms with Gasteiger partial charge < -0.3 is 15.0 Å². The number of halogens is 1. The maximum absolute atomic E-state index is 13.6. The highest BCUT2D eigenvalue weighted by atomic mass is 79.9. The summed E-state index contributed by atoms with van der Waals surface area (Å²) in [4.78, 5) is 28.2. The summed E-state index contributed by atoms with van der Waals surface area (Å²) in [5.41, 5.74) is 2.81. The quantitative estimate of drug-likeness (QED) is 0.392. The lowest BCUT2D eigenvalue weighted by Crippen LogP contribution is -2.51. The molecule has 0 aliphatic rings. The van der Waals surface area contributed by atoms with Gasteiger partial charge in [0.2, 0.25) is 5.91 Å². The fraction of sp³-hybridized carbons (Fsp3) is 0.310. The third kappa shape index (κ3) is 7.43. The van der Waals surface area contributed by atoms with Gasteiger partial charge in [0, 0.05) is 24.5 Å². The average Bonchev–Trinajstić information content (AvgIpc) is 2.85. The van der Waals surface area contributed by atoms with E-state index in [1.807, 2.05) is 78.9 Å². The van der Waals surface area contributed by atoms with Crippen molar-refractivity contribution in [1.82, 2.24) is 10.2 Å². The average molecular weight is 537 g/mol. The number of amides is 2. The number of benzene rings is 3. The van der Waals surface area contributed by atoms with Crippen LogP contribution in [0.5, 0.6) is 5.75 Å². The van der Waals surface area contributed by atoms with Gasteiger partial charge in [-0.2, -0.15) is 0 Å². The minimum atomic E-state index is -0.681. The van der Waals surface area contributed by atoms with Gasteiger partial charge in [0.1, 0.15) is 11.8 Å². The standard InChI is InChI=1S/C29H33BrN2O3/c1-29(2,3)24-12-8-9-13-26(24)35-20-27(33)32(19-22-14-16-23(30)17-15-22)25(28(34)31-4)18-21-10-6-5-7-11-21/h5-17,25H,18-20H2,1-4H3,(H,31,34). The Balaban J connectivity index is 1.90. The lowest BCUT2D eigenvalue weighted by Gasteiger charge is -2.31. The highest BCUT2D eigenvalue weighted by molar-refractivity contribution is 9.10. The zero-order valence-electron chi connectivity index (χ0n) is 20.8. The second kappa shape index (κ2) is 12.0. The van der Waals surface area contributed by atoms with Gasteiger partial charge in [-0.1, -0.05) is 97.4 Å². The lowest BCUT2D eigenvalue weighted by atomic mass is 9.86. The number of ether oxygens (including phenoxy) is 1. The zero-order chi connectivity index (χ0) is 25.4. The first kappa shape index (κ1) is 26.5. The van der Waals surface area contributed by atoms with E-state index in [9.17, 15) is 9.59 Å².